The van der Waals surface area contributed by atoms with E-state index in [0.717, 1.165) is 5.56 Å². The van der Waals surface area contributed by atoms with Crippen molar-refractivity contribution in [2.45, 2.75) is 6.04 Å². The van der Waals surface area contributed by atoms with Crippen molar-refractivity contribution in [3.05, 3.63) is 60.4 Å². The Hall–Kier alpha value is -2.74. The highest BCUT2D eigenvalue weighted by molar-refractivity contribution is 7.85. The van der Waals surface area contributed by atoms with E-state index in [0.29, 0.717) is 29.3 Å². The minimum Gasteiger partial charge on any atom is -0.330 e. The predicted octanol–water partition coefficient (Wildman–Crippen LogP) is 1.51. The maximum atomic E-state index is 13.1. The lowest BCUT2D eigenvalue weighted by Crippen LogP contribution is -2.44. The highest BCUT2D eigenvalue weighted by Crippen LogP contribution is 2.27. The van der Waals surface area contributed by atoms with Crippen LogP contribution in [0.1, 0.15) is 22.0 Å². The average molecular weight is 386 g/mol. The number of benzene rings is 1. The standard InChI is InChI=1S/C19H22N4O3S/c1-4-18(24)22(3)16-7-5-14(6-8-16)19(25)23-9-10-27(26)13-17(23)15-11-20-21(2)12-15/h4-8,11-12,17H,1,9-10,13H2,2-3H3. The summed E-state index contributed by atoms with van der Waals surface area (Å²) in [5.74, 6) is 0.539. The lowest BCUT2D eigenvalue weighted by atomic mass is 10.1. The van der Waals surface area contributed by atoms with Gasteiger partial charge in [-0.05, 0) is 30.3 Å². The van der Waals surface area contributed by atoms with Crippen LogP contribution in [0.2, 0.25) is 0 Å². The van der Waals surface area contributed by atoms with Gasteiger partial charge in [0.2, 0.25) is 5.91 Å². The molecule has 2 heterocycles. The Morgan fingerprint density at radius 3 is 2.63 bits per heavy atom. The van der Waals surface area contributed by atoms with Crippen molar-refractivity contribution in [1.82, 2.24) is 14.7 Å². The summed E-state index contributed by atoms with van der Waals surface area (Å²) in [6.45, 7) is 3.91. The quantitative estimate of drug-likeness (QED) is 0.747. The normalized spacial score (nSPS) is 19.6. The van der Waals surface area contributed by atoms with E-state index in [1.807, 2.05) is 13.2 Å². The fraction of sp³-hybridized carbons (Fsp3) is 0.316. The molecule has 0 saturated carbocycles. The van der Waals surface area contributed by atoms with Crippen LogP contribution in [-0.4, -0.2) is 55.8 Å². The van der Waals surface area contributed by atoms with Crippen LogP contribution in [-0.2, 0) is 22.6 Å². The summed E-state index contributed by atoms with van der Waals surface area (Å²) in [6, 6.07) is 6.61. The van der Waals surface area contributed by atoms with Crippen molar-refractivity contribution in [3.8, 4) is 0 Å². The summed E-state index contributed by atoms with van der Waals surface area (Å²) in [4.78, 5) is 28.0. The molecular weight excluding hydrogens is 364 g/mol. The third kappa shape index (κ3) is 4.00. The Labute approximate surface area is 160 Å². The molecule has 2 aromatic rings. The third-order valence-corrected chi connectivity index (χ3v) is 5.98. The summed E-state index contributed by atoms with van der Waals surface area (Å²) in [5, 5.41) is 4.17. The first-order valence-electron chi connectivity index (χ1n) is 8.55. The molecule has 7 nitrogen and oxygen atoms in total. The molecule has 1 aromatic heterocycles. The molecule has 0 aliphatic carbocycles. The van der Waals surface area contributed by atoms with Crippen molar-refractivity contribution < 1.29 is 13.8 Å². The van der Waals surface area contributed by atoms with Gasteiger partial charge in [-0.2, -0.15) is 5.10 Å². The monoisotopic (exact) mass is 386 g/mol. The topological polar surface area (TPSA) is 75.5 Å². The van der Waals surface area contributed by atoms with Crippen LogP contribution in [0.5, 0.6) is 0 Å². The maximum Gasteiger partial charge on any atom is 0.254 e. The first kappa shape index (κ1) is 19.0. The van der Waals surface area contributed by atoms with Gasteiger partial charge in [0.05, 0.1) is 12.2 Å². The Morgan fingerprint density at radius 1 is 1.33 bits per heavy atom. The minimum atomic E-state index is -0.956. The second-order valence-corrected chi connectivity index (χ2v) is 8.04. The average Bonchev–Trinajstić information content (AvgIpc) is 3.12. The second-order valence-electron chi connectivity index (χ2n) is 6.42. The van der Waals surface area contributed by atoms with Crippen LogP contribution in [0.3, 0.4) is 0 Å². The fourth-order valence-electron chi connectivity index (χ4n) is 3.09. The summed E-state index contributed by atoms with van der Waals surface area (Å²) >= 11 is 0. The Kier molecular flexibility index (Phi) is 5.55. The van der Waals surface area contributed by atoms with Gasteiger partial charge < -0.3 is 9.80 Å². The Bertz CT molecular complexity index is 891. The van der Waals surface area contributed by atoms with Crippen molar-refractivity contribution in [2.75, 3.05) is 30.0 Å². The van der Waals surface area contributed by atoms with E-state index in [4.69, 9.17) is 0 Å². The molecule has 3 rings (SSSR count). The van der Waals surface area contributed by atoms with Gasteiger partial charge in [-0.15, -0.1) is 0 Å². The summed E-state index contributed by atoms with van der Waals surface area (Å²) in [7, 11) is 2.51. The smallest absolute Gasteiger partial charge is 0.254 e. The van der Waals surface area contributed by atoms with Crippen molar-refractivity contribution in [1.29, 1.82) is 0 Å². The number of likely N-dealkylation sites (N-methyl/N-ethyl adjacent to an activating group) is 1. The van der Waals surface area contributed by atoms with E-state index < -0.39 is 10.8 Å². The molecule has 0 spiro atoms. The molecule has 142 valence electrons. The SMILES string of the molecule is C=CC(=O)N(C)c1ccc(C(=O)N2CCS(=O)CC2c2cnn(C)c2)cc1. The van der Waals surface area contributed by atoms with E-state index in [1.165, 1.54) is 11.0 Å². The number of carbonyl (C=O) groups is 2. The van der Waals surface area contributed by atoms with Gasteiger partial charge >= 0.3 is 0 Å². The molecule has 1 saturated heterocycles. The highest BCUT2D eigenvalue weighted by atomic mass is 32.2. The van der Waals surface area contributed by atoms with Crippen LogP contribution in [0.25, 0.3) is 0 Å². The molecule has 2 atom stereocenters. The highest BCUT2D eigenvalue weighted by Gasteiger charge is 2.32. The number of aryl methyl sites for hydroxylation is 1. The number of carbonyl (C=O) groups excluding carboxylic acids is 2. The molecular formula is C19H22N4O3S. The van der Waals surface area contributed by atoms with Gasteiger partial charge in [0.1, 0.15) is 0 Å². The van der Waals surface area contributed by atoms with Gasteiger partial charge in [-0.3, -0.25) is 18.5 Å². The van der Waals surface area contributed by atoms with Crippen LogP contribution in [0.15, 0.2) is 49.3 Å². The number of hydrogen-bond acceptors (Lipinski definition) is 4. The van der Waals surface area contributed by atoms with Crippen molar-refractivity contribution in [2.24, 2.45) is 7.05 Å². The number of nitrogens with zero attached hydrogens (tertiary/aromatic N) is 4. The predicted molar refractivity (Wildman–Crippen MR) is 105 cm³/mol. The van der Waals surface area contributed by atoms with E-state index in [2.05, 4.69) is 11.7 Å². The summed E-state index contributed by atoms with van der Waals surface area (Å²) < 4.78 is 13.7. The van der Waals surface area contributed by atoms with Crippen LogP contribution < -0.4 is 4.90 Å². The second kappa shape index (κ2) is 7.87. The number of rotatable bonds is 4. The fourth-order valence-corrected chi connectivity index (χ4v) is 4.39. The molecule has 2 amide bonds. The molecule has 27 heavy (non-hydrogen) atoms. The first-order chi connectivity index (χ1) is 12.9. The molecule has 1 fully saturated rings. The van der Waals surface area contributed by atoms with Crippen LogP contribution in [0.4, 0.5) is 5.69 Å². The lowest BCUT2D eigenvalue weighted by molar-refractivity contribution is -0.113. The number of aromatic nitrogens is 2. The van der Waals surface area contributed by atoms with Crippen molar-refractivity contribution in [3.63, 3.8) is 0 Å². The number of anilines is 1. The summed E-state index contributed by atoms with van der Waals surface area (Å²) in [6.07, 6.45) is 4.81. The largest absolute Gasteiger partial charge is 0.330 e. The zero-order chi connectivity index (χ0) is 19.6. The lowest BCUT2D eigenvalue weighted by Gasteiger charge is -2.35. The van der Waals surface area contributed by atoms with Gasteiger partial charge in [0.25, 0.3) is 5.91 Å². The zero-order valence-corrected chi connectivity index (χ0v) is 16.2. The van der Waals surface area contributed by atoms with Gasteiger partial charge in [-0.1, -0.05) is 6.58 Å². The van der Waals surface area contributed by atoms with Gasteiger partial charge in [-0.25, -0.2) is 0 Å². The zero-order valence-electron chi connectivity index (χ0n) is 15.4. The van der Waals surface area contributed by atoms with Crippen LogP contribution >= 0.6 is 0 Å². The molecule has 0 N–H and O–H groups in total. The van der Waals surface area contributed by atoms with E-state index in [1.54, 1.807) is 47.1 Å². The summed E-state index contributed by atoms with van der Waals surface area (Å²) in [5.41, 5.74) is 2.09. The minimum absolute atomic E-state index is 0.121. The molecule has 0 radical (unpaired) electrons. The maximum absolute atomic E-state index is 13.1. The Morgan fingerprint density at radius 2 is 2.04 bits per heavy atom. The van der Waals surface area contributed by atoms with E-state index in [9.17, 15) is 13.8 Å². The molecule has 1 aliphatic heterocycles. The van der Waals surface area contributed by atoms with Gasteiger partial charge in [0, 0.05) is 66.0 Å². The first-order valence-corrected chi connectivity index (χ1v) is 10.0. The van der Waals surface area contributed by atoms with Crippen LogP contribution in [0, 0.1) is 0 Å². The van der Waals surface area contributed by atoms with Crippen molar-refractivity contribution >= 4 is 28.3 Å². The van der Waals surface area contributed by atoms with E-state index in [-0.39, 0.29) is 17.9 Å². The molecule has 1 aliphatic rings. The molecule has 1 aromatic carbocycles. The molecule has 2 unspecified atom stereocenters. The molecule has 0 bridgehead atoms. The number of hydrogen-bond donors (Lipinski definition) is 0. The number of amides is 2. The Balaban J connectivity index is 1.83. The molecule has 8 heteroatoms. The van der Waals surface area contributed by atoms with E-state index >= 15 is 0 Å². The van der Waals surface area contributed by atoms with Gasteiger partial charge in [0.15, 0.2) is 0 Å². The third-order valence-electron chi connectivity index (χ3n) is 4.66.